The van der Waals surface area contributed by atoms with Gasteiger partial charge in [-0.1, -0.05) is 69.7 Å². The normalized spacial score (nSPS) is 18.4. The predicted molar refractivity (Wildman–Crippen MR) is 123 cm³/mol. The van der Waals surface area contributed by atoms with Crippen molar-refractivity contribution in [1.82, 2.24) is 4.90 Å². The Labute approximate surface area is 181 Å². The van der Waals surface area contributed by atoms with Crippen LogP contribution < -0.4 is 0 Å². The van der Waals surface area contributed by atoms with Crippen LogP contribution in [-0.2, 0) is 9.53 Å². The van der Waals surface area contributed by atoms with E-state index in [-0.39, 0.29) is 12.5 Å². The highest BCUT2D eigenvalue weighted by Gasteiger charge is 2.35. The van der Waals surface area contributed by atoms with Crippen LogP contribution in [0.5, 0.6) is 0 Å². The second-order valence-corrected chi connectivity index (χ2v) is 6.58. The summed E-state index contributed by atoms with van der Waals surface area (Å²) in [5, 5.41) is -0.489. The number of hydrogen-bond donors (Lipinski definition) is 0. The first-order valence-electron chi connectivity index (χ1n) is 10.5. The third-order valence-electron chi connectivity index (χ3n) is 4.43. The van der Waals surface area contributed by atoms with Gasteiger partial charge >= 0.3 is 6.09 Å². The minimum atomic E-state index is -0.540. The van der Waals surface area contributed by atoms with Crippen molar-refractivity contribution in [3.05, 3.63) is 53.6 Å². The molecule has 1 aliphatic carbocycles. The Bertz CT molecular complexity index is 684. The molecule has 0 radical (unpaired) electrons. The van der Waals surface area contributed by atoms with E-state index < -0.39 is 17.4 Å². The quantitative estimate of drug-likeness (QED) is 0.398. The van der Waals surface area contributed by atoms with E-state index in [1.807, 2.05) is 53.7 Å². The first-order valence-corrected chi connectivity index (χ1v) is 10.8. The number of likely N-dealkylation sites (tertiary alicyclic amines) is 1. The Kier molecular flexibility index (Phi) is 13.8. The van der Waals surface area contributed by atoms with Gasteiger partial charge in [-0.05, 0) is 49.4 Å². The lowest BCUT2D eigenvalue weighted by atomic mass is 9.98. The molecule has 0 N–H and O–H groups in total. The summed E-state index contributed by atoms with van der Waals surface area (Å²) >= 11 is 5.54. The molecule has 5 heteroatoms. The molecule has 1 aromatic carbocycles. The molecule has 4 nitrogen and oxygen atoms in total. The van der Waals surface area contributed by atoms with Gasteiger partial charge in [0, 0.05) is 12.5 Å². The lowest BCUT2D eigenvalue weighted by molar-refractivity contribution is -0.115. The van der Waals surface area contributed by atoms with Crippen molar-refractivity contribution in [2.45, 2.75) is 66.3 Å². The molecule has 0 aromatic heterocycles. The monoisotopic (exact) mass is 421 g/mol. The molecule has 1 aromatic rings. The number of nitrogens with zero attached hydrogens (tertiary/aromatic N) is 1. The fourth-order valence-electron chi connectivity index (χ4n) is 3.23. The van der Waals surface area contributed by atoms with E-state index in [4.69, 9.17) is 16.3 Å². The van der Waals surface area contributed by atoms with Crippen LogP contribution in [0.1, 0.15) is 71.4 Å². The number of fused-ring (bicyclic) bond motifs is 1. The van der Waals surface area contributed by atoms with E-state index in [1.165, 1.54) is 21.6 Å². The van der Waals surface area contributed by atoms with Crippen LogP contribution in [0.25, 0.3) is 6.08 Å². The van der Waals surface area contributed by atoms with Crippen LogP contribution in [0.3, 0.4) is 0 Å². The topological polar surface area (TPSA) is 46.6 Å². The zero-order valence-corrected chi connectivity index (χ0v) is 19.5. The van der Waals surface area contributed by atoms with Crippen LogP contribution in [0, 0.1) is 0 Å². The molecule has 1 fully saturated rings. The fourth-order valence-corrected chi connectivity index (χ4v) is 3.46. The first-order chi connectivity index (χ1) is 14.0. The summed E-state index contributed by atoms with van der Waals surface area (Å²) in [5.41, 5.74) is 3.54. The molecular formula is C24H36ClNO3. The van der Waals surface area contributed by atoms with Gasteiger partial charge in [-0.15, -0.1) is 6.58 Å². The van der Waals surface area contributed by atoms with Gasteiger partial charge in [0.15, 0.2) is 0 Å². The van der Waals surface area contributed by atoms with Crippen LogP contribution in [-0.4, -0.2) is 35.4 Å². The zero-order chi connectivity index (χ0) is 22.4. The first kappa shape index (κ1) is 26.9. The van der Waals surface area contributed by atoms with Crippen molar-refractivity contribution >= 4 is 29.0 Å². The van der Waals surface area contributed by atoms with E-state index in [2.05, 4.69) is 24.8 Å². The second kappa shape index (κ2) is 14.9. The molecule has 1 amide bonds. The lowest BCUT2D eigenvalue weighted by Crippen LogP contribution is -2.39. The second-order valence-electron chi connectivity index (χ2n) is 6.21. The highest BCUT2D eigenvalue weighted by Crippen LogP contribution is 2.36. The van der Waals surface area contributed by atoms with Gasteiger partial charge in [-0.3, -0.25) is 9.69 Å². The molecule has 1 saturated heterocycles. The molecule has 2 aliphatic rings. The molecule has 162 valence electrons. The summed E-state index contributed by atoms with van der Waals surface area (Å²) in [4.78, 5) is 25.0. The summed E-state index contributed by atoms with van der Waals surface area (Å²) in [5.74, 6) is 0.0907. The average molecular weight is 422 g/mol. The molecule has 2 unspecified atom stereocenters. The van der Waals surface area contributed by atoms with Gasteiger partial charge in [0.05, 0.1) is 0 Å². The van der Waals surface area contributed by atoms with E-state index in [0.717, 1.165) is 6.42 Å². The Morgan fingerprint density at radius 2 is 1.83 bits per heavy atom. The summed E-state index contributed by atoms with van der Waals surface area (Å²) in [6.45, 7) is 16.1. The van der Waals surface area contributed by atoms with Gasteiger partial charge < -0.3 is 4.74 Å². The number of halogens is 1. The van der Waals surface area contributed by atoms with Crippen LogP contribution in [0.4, 0.5) is 4.79 Å². The molecule has 3 rings (SSSR count). The van der Waals surface area contributed by atoms with Crippen molar-refractivity contribution < 1.29 is 14.3 Å². The van der Waals surface area contributed by atoms with Crippen molar-refractivity contribution in [2.24, 2.45) is 0 Å². The summed E-state index contributed by atoms with van der Waals surface area (Å²) in [6.07, 6.45) is 4.81. The molecular weight excluding hydrogens is 386 g/mol. The van der Waals surface area contributed by atoms with E-state index in [9.17, 15) is 9.59 Å². The third kappa shape index (κ3) is 7.69. The minimum Gasteiger partial charge on any atom is -0.448 e. The molecule has 1 aliphatic heterocycles. The van der Waals surface area contributed by atoms with Crippen LogP contribution in [0.15, 0.2) is 42.5 Å². The lowest BCUT2D eigenvalue weighted by Gasteiger charge is -2.23. The van der Waals surface area contributed by atoms with Crippen molar-refractivity contribution in [3.63, 3.8) is 0 Å². The molecule has 1 heterocycles. The van der Waals surface area contributed by atoms with Crippen molar-refractivity contribution in [1.29, 1.82) is 0 Å². The summed E-state index contributed by atoms with van der Waals surface area (Å²) in [6, 6.07) is 7.56. The maximum atomic E-state index is 12.2. The highest BCUT2D eigenvalue weighted by molar-refractivity contribution is 6.64. The Hall–Kier alpha value is -2.07. The molecule has 29 heavy (non-hydrogen) atoms. The van der Waals surface area contributed by atoms with Crippen LogP contribution >= 0.6 is 11.6 Å². The average Bonchev–Trinajstić information content (AvgIpc) is 3.34. The Morgan fingerprint density at radius 1 is 1.24 bits per heavy atom. The van der Waals surface area contributed by atoms with Gasteiger partial charge in [0.1, 0.15) is 12.6 Å². The molecule has 0 bridgehead atoms. The van der Waals surface area contributed by atoms with Crippen LogP contribution in [0.2, 0.25) is 0 Å². The van der Waals surface area contributed by atoms with E-state index in [1.54, 1.807) is 6.08 Å². The number of amides is 1. The number of carbonyl (C=O) groups excluding carboxylic acids is 2. The van der Waals surface area contributed by atoms with Gasteiger partial charge in [0.2, 0.25) is 5.24 Å². The predicted octanol–water partition coefficient (Wildman–Crippen LogP) is 6.80. The maximum Gasteiger partial charge on any atom is 0.410 e. The minimum absolute atomic E-state index is 0.0907. The summed E-state index contributed by atoms with van der Waals surface area (Å²) in [7, 11) is 0. The SMILES string of the molecule is C=CC.CC.CC.CC1=Cc2ccccc2C1COC(=O)N1CCCC1C(=O)Cl. The van der Waals surface area contributed by atoms with Gasteiger partial charge in [0.25, 0.3) is 0 Å². The van der Waals surface area contributed by atoms with Crippen molar-refractivity contribution in [3.8, 4) is 0 Å². The van der Waals surface area contributed by atoms with E-state index >= 15 is 0 Å². The van der Waals surface area contributed by atoms with Crippen molar-refractivity contribution in [2.75, 3.05) is 13.2 Å². The maximum absolute atomic E-state index is 12.2. The molecule has 0 spiro atoms. The number of ether oxygens (including phenoxy) is 1. The zero-order valence-electron chi connectivity index (χ0n) is 18.7. The largest absolute Gasteiger partial charge is 0.448 e. The molecule has 2 atom stereocenters. The highest BCUT2D eigenvalue weighted by atomic mass is 35.5. The third-order valence-corrected chi connectivity index (χ3v) is 4.68. The summed E-state index contributed by atoms with van der Waals surface area (Å²) < 4.78 is 5.45. The number of hydrogen-bond acceptors (Lipinski definition) is 3. The Morgan fingerprint density at radius 3 is 2.41 bits per heavy atom. The van der Waals surface area contributed by atoms with Gasteiger partial charge in [-0.25, -0.2) is 4.79 Å². The number of rotatable bonds is 3. The Balaban J connectivity index is 0.00000100. The molecule has 0 saturated carbocycles. The number of benzene rings is 1. The standard InChI is InChI=1S/C17H18ClNO3.C3H6.2C2H6/c1-11-9-12-5-2-3-6-13(12)14(11)10-22-17(21)19-8-4-7-15(19)16(18)20;1-3-2;2*1-2/h2-3,5-6,9,14-15H,4,7-8,10H2,1H3;3H,1H2,2H3;2*1-2H3. The number of allylic oxidation sites excluding steroid dienone is 1. The van der Waals surface area contributed by atoms with Gasteiger partial charge in [-0.2, -0.15) is 0 Å². The number of carbonyl (C=O) groups is 2. The van der Waals surface area contributed by atoms with E-state index in [0.29, 0.717) is 13.0 Å². The fraction of sp³-hybridized carbons (Fsp3) is 0.500. The smallest absolute Gasteiger partial charge is 0.410 e.